The molecule has 3 heterocycles. The molecule has 1 aliphatic carbocycles. The molecule has 2 N–H and O–H groups in total. The maximum atomic E-state index is 13.2. The highest BCUT2D eigenvalue weighted by atomic mass is 19.1. The van der Waals surface area contributed by atoms with Crippen LogP contribution in [0.1, 0.15) is 12.8 Å². The minimum atomic E-state index is -0.583. The molecule has 6 nitrogen and oxygen atoms in total. The van der Waals surface area contributed by atoms with Crippen molar-refractivity contribution in [3.05, 3.63) is 46.9 Å². The molecular formula is C15H14FN5O. The van der Waals surface area contributed by atoms with Crippen LogP contribution in [0.2, 0.25) is 0 Å². The highest BCUT2D eigenvalue weighted by molar-refractivity contribution is 5.91. The van der Waals surface area contributed by atoms with Crippen molar-refractivity contribution < 1.29 is 4.39 Å². The van der Waals surface area contributed by atoms with Crippen LogP contribution in [0.5, 0.6) is 0 Å². The van der Waals surface area contributed by atoms with Gasteiger partial charge in [0.05, 0.1) is 5.52 Å². The number of anilines is 2. The summed E-state index contributed by atoms with van der Waals surface area (Å²) in [6.07, 6.45) is 5.38. The van der Waals surface area contributed by atoms with Gasteiger partial charge in [0, 0.05) is 30.7 Å². The number of hydrogen-bond acceptors (Lipinski definition) is 4. The number of aromatic amines is 1. The van der Waals surface area contributed by atoms with E-state index in [0.717, 1.165) is 12.1 Å². The van der Waals surface area contributed by atoms with Crippen molar-refractivity contribution in [1.82, 2.24) is 19.7 Å². The topological polar surface area (TPSA) is 75.6 Å². The van der Waals surface area contributed by atoms with Crippen molar-refractivity contribution in [2.45, 2.75) is 19.4 Å². The van der Waals surface area contributed by atoms with Crippen molar-refractivity contribution >= 4 is 22.4 Å². The first-order valence-electron chi connectivity index (χ1n) is 7.17. The van der Waals surface area contributed by atoms with Crippen molar-refractivity contribution in [3.8, 4) is 0 Å². The smallest absolute Gasteiger partial charge is 0.261 e. The third kappa shape index (κ3) is 2.34. The molecule has 7 heteroatoms. The molecule has 1 aliphatic rings. The number of H-pyrrole nitrogens is 1. The summed E-state index contributed by atoms with van der Waals surface area (Å²) < 4.78 is 15.1. The number of pyridine rings is 2. The summed E-state index contributed by atoms with van der Waals surface area (Å²) in [6.45, 7) is 0.798. The Morgan fingerprint density at radius 2 is 2.27 bits per heavy atom. The van der Waals surface area contributed by atoms with Gasteiger partial charge in [-0.05, 0) is 30.9 Å². The zero-order valence-corrected chi connectivity index (χ0v) is 11.7. The maximum absolute atomic E-state index is 13.2. The van der Waals surface area contributed by atoms with Crippen LogP contribution >= 0.6 is 0 Å². The molecule has 0 aliphatic heterocycles. The Morgan fingerprint density at radius 3 is 3.05 bits per heavy atom. The summed E-state index contributed by atoms with van der Waals surface area (Å²) in [7, 11) is 0. The molecule has 22 heavy (non-hydrogen) atoms. The van der Waals surface area contributed by atoms with E-state index in [9.17, 15) is 9.18 Å². The largest absolute Gasteiger partial charge is 0.338 e. The lowest BCUT2D eigenvalue weighted by molar-refractivity contribution is 0.581. The summed E-state index contributed by atoms with van der Waals surface area (Å²) in [5, 5.41) is 8.00. The molecule has 1 fully saturated rings. The second-order valence-electron chi connectivity index (χ2n) is 5.53. The molecule has 0 amide bonds. The van der Waals surface area contributed by atoms with Gasteiger partial charge in [-0.15, -0.1) is 0 Å². The van der Waals surface area contributed by atoms with Gasteiger partial charge >= 0.3 is 0 Å². The van der Waals surface area contributed by atoms with Gasteiger partial charge in [-0.2, -0.15) is 9.49 Å². The molecule has 0 radical (unpaired) electrons. The molecule has 3 aromatic rings. The first-order valence-corrected chi connectivity index (χ1v) is 7.17. The zero-order chi connectivity index (χ0) is 15.1. The summed E-state index contributed by atoms with van der Waals surface area (Å²) >= 11 is 0. The number of hydrogen-bond donors (Lipinski definition) is 2. The molecule has 1 saturated carbocycles. The van der Waals surface area contributed by atoms with Gasteiger partial charge in [0.2, 0.25) is 5.95 Å². The fraction of sp³-hybridized carbons (Fsp3) is 0.267. The lowest BCUT2D eigenvalue weighted by Gasteiger charge is -2.02. The quantitative estimate of drug-likeness (QED) is 0.725. The van der Waals surface area contributed by atoms with Crippen LogP contribution in [0.4, 0.5) is 15.9 Å². The van der Waals surface area contributed by atoms with Gasteiger partial charge in [0.25, 0.3) is 5.56 Å². The van der Waals surface area contributed by atoms with Crippen LogP contribution in [-0.4, -0.2) is 19.7 Å². The first-order chi connectivity index (χ1) is 10.7. The van der Waals surface area contributed by atoms with E-state index >= 15 is 0 Å². The highest BCUT2D eigenvalue weighted by Crippen LogP contribution is 2.32. The average molecular weight is 299 g/mol. The number of rotatable bonds is 4. The number of nitrogens with zero attached hydrogens (tertiary/aromatic N) is 3. The summed E-state index contributed by atoms with van der Waals surface area (Å²) in [4.78, 5) is 18.3. The van der Waals surface area contributed by atoms with Crippen LogP contribution in [0.25, 0.3) is 10.9 Å². The van der Waals surface area contributed by atoms with E-state index in [-0.39, 0.29) is 5.56 Å². The van der Waals surface area contributed by atoms with E-state index in [1.807, 2.05) is 10.7 Å². The fourth-order valence-electron chi connectivity index (χ4n) is 2.53. The predicted octanol–water partition coefficient (Wildman–Crippen LogP) is 2.41. The summed E-state index contributed by atoms with van der Waals surface area (Å²) in [5.41, 5.74) is 1.08. The predicted molar refractivity (Wildman–Crippen MR) is 80.6 cm³/mol. The molecule has 0 bridgehead atoms. The second kappa shape index (κ2) is 4.94. The van der Waals surface area contributed by atoms with Crippen molar-refractivity contribution in [2.75, 3.05) is 5.32 Å². The van der Waals surface area contributed by atoms with E-state index in [2.05, 4.69) is 20.4 Å². The lowest BCUT2D eigenvalue weighted by atomic mass is 10.3. The van der Waals surface area contributed by atoms with Gasteiger partial charge in [-0.3, -0.25) is 9.48 Å². The first kappa shape index (κ1) is 13.0. The summed E-state index contributed by atoms with van der Waals surface area (Å²) in [5.74, 6) is 0.484. The van der Waals surface area contributed by atoms with Gasteiger partial charge in [-0.25, -0.2) is 4.98 Å². The van der Waals surface area contributed by atoms with Crippen LogP contribution < -0.4 is 10.9 Å². The van der Waals surface area contributed by atoms with Crippen LogP contribution in [-0.2, 0) is 6.54 Å². The number of fused-ring (bicyclic) bond motifs is 1. The second-order valence-corrected chi connectivity index (χ2v) is 5.53. The molecule has 112 valence electrons. The minimum absolute atomic E-state index is 0.212. The lowest BCUT2D eigenvalue weighted by Crippen LogP contribution is -2.06. The van der Waals surface area contributed by atoms with Crippen LogP contribution in [0.3, 0.4) is 0 Å². The van der Waals surface area contributed by atoms with Crippen molar-refractivity contribution in [3.63, 3.8) is 0 Å². The highest BCUT2D eigenvalue weighted by Gasteiger charge is 2.24. The third-order valence-electron chi connectivity index (χ3n) is 3.79. The monoisotopic (exact) mass is 299 g/mol. The third-order valence-corrected chi connectivity index (χ3v) is 3.79. The Labute approximate surface area is 125 Å². The van der Waals surface area contributed by atoms with Crippen molar-refractivity contribution in [2.24, 2.45) is 5.92 Å². The summed E-state index contributed by atoms with van der Waals surface area (Å²) in [6, 6.07) is 4.74. The maximum Gasteiger partial charge on any atom is 0.261 e. The Hall–Kier alpha value is -2.70. The fourth-order valence-corrected chi connectivity index (χ4v) is 2.53. The SMILES string of the molecule is O=c1[nH]ccc2c1c(Nc1ccnc(F)c1)nn2CC1CC1. The van der Waals surface area contributed by atoms with Crippen molar-refractivity contribution in [1.29, 1.82) is 0 Å². The Kier molecular flexibility index (Phi) is 2.92. The normalized spacial score (nSPS) is 14.4. The standard InChI is InChI=1S/C15H14FN5O/c16-12-7-10(3-5-17-12)19-14-13-11(4-6-18-15(13)22)21(20-14)8-9-1-2-9/h3-7,9H,1-2,8H2,(H,18,22)(H,17,19,20). The van der Waals surface area contributed by atoms with Gasteiger partial charge in [0.1, 0.15) is 5.39 Å². The molecular weight excluding hydrogens is 285 g/mol. The Bertz CT molecular complexity index is 896. The minimum Gasteiger partial charge on any atom is -0.338 e. The number of nitrogens with one attached hydrogen (secondary N) is 2. The number of aromatic nitrogens is 4. The molecule has 3 aromatic heterocycles. The molecule has 0 saturated heterocycles. The van der Waals surface area contributed by atoms with Gasteiger partial charge < -0.3 is 10.3 Å². The van der Waals surface area contributed by atoms with E-state index in [4.69, 9.17) is 0 Å². The molecule has 0 atom stereocenters. The van der Waals surface area contributed by atoms with E-state index in [1.54, 1.807) is 12.3 Å². The van der Waals surface area contributed by atoms with Crippen LogP contribution in [0, 0.1) is 11.9 Å². The van der Waals surface area contributed by atoms with E-state index in [0.29, 0.717) is 22.8 Å². The Morgan fingerprint density at radius 1 is 1.41 bits per heavy atom. The Balaban J connectivity index is 1.80. The van der Waals surface area contributed by atoms with Crippen LogP contribution in [0.15, 0.2) is 35.4 Å². The molecule has 0 aromatic carbocycles. The van der Waals surface area contributed by atoms with E-state index in [1.165, 1.54) is 25.1 Å². The molecule has 0 spiro atoms. The zero-order valence-electron chi connectivity index (χ0n) is 11.7. The van der Waals surface area contributed by atoms with Gasteiger partial charge in [-0.1, -0.05) is 0 Å². The van der Waals surface area contributed by atoms with E-state index < -0.39 is 5.95 Å². The molecule has 4 rings (SSSR count). The van der Waals surface area contributed by atoms with Gasteiger partial charge in [0.15, 0.2) is 5.82 Å². The average Bonchev–Trinajstić information content (AvgIpc) is 3.23. The molecule has 0 unspecified atom stereocenters. The number of halogens is 1.